The number of nitrogens with zero attached hydrogens (tertiary/aromatic N) is 1. The SMILES string of the molecule is CCN1c2cc(S(=O)OC)ccc2OC1C. The van der Waals surface area contributed by atoms with Crippen LogP contribution in [0.1, 0.15) is 13.8 Å². The number of ether oxygens (including phenoxy) is 1. The smallest absolute Gasteiger partial charge is 0.188 e. The molecule has 1 aliphatic heterocycles. The van der Waals surface area contributed by atoms with Crippen LogP contribution in [0.5, 0.6) is 5.75 Å². The second kappa shape index (κ2) is 4.43. The first kappa shape index (κ1) is 11.4. The van der Waals surface area contributed by atoms with Gasteiger partial charge in [0.25, 0.3) is 0 Å². The molecular formula is C11H15NO3S. The van der Waals surface area contributed by atoms with E-state index in [9.17, 15) is 4.21 Å². The van der Waals surface area contributed by atoms with Gasteiger partial charge in [0.1, 0.15) is 5.75 Å². The summed E-state index contributed by atoms with van der Waals surface area (Å²) >= 11 is -1.39. The summed E-state index contributed by atoms with van der Waals surface area (Å²) in [6, 6.07) is 5.47. The molecule has 0 radical (unpaired) electrons. The summed E-state index contributed by atoms with van der Waals surface area (Å²) in [5.41, 5.74) is 0.984. The Morgan fingerprint density at radius 3 is 2.94 bits per heavy atom. The number of hydrogen-bond donors (Lipinski definition) is 0. The monoisotopic (exact) mass is 241 g/mol. The normalized spacial score (nSPS) is 20.4. The third kappa shape index (κ3) is 1.81. The molecule has 0 bridgehead atoms. The van der Waals surface area contributed by atoms with E-state index in [2.05, 4.69) is 11.8 Å². The fourth-order valence-corrected chi connectivity index (χ4v) is 2.47. The number of benzene rings is 1. The van der Waals surface area contributed by atoms with Crippen LogP contribution in [0.15, 0.2) is 23.1 Å². The summed E-state index contributed by atoms with van der Waals surface area (Å²) in [5.74, 6) is 0.839. The maximum absolute atomic E-state index is 11.5. The summed E-state index contributed by atoms with van der Waals surface area (Å²) in [6.45, 7) is 4.92. The predicted molar refractivity (Wildman–Crippen MR) is 63.0 cm³/mol. The Balaban J connectivity index is 2.39. The number of fused-ring (bicyclic) bond motifs is 1. The fourth-order valence-electron chi connectivity index (χ4n) is 1.89. The summed E-state index contributed by atoms with van der Waals surface area (Å²) in [7, 11) is 1.43. The van der Waals surface area contributed by atoms with Crippen LogP contribution in [0.3, 0.4) is 0 Å². The number of anilines is 1. The Morgan fingerprint density at radius 2 is 2.31 bits per heavy atom. The average Bonchev–Trinajstić information content (AvgIpc) is 2.62. The highest BCUT2D eigenvalue weighted by Crippen LogP contribution is 2.38. The minimum atomic E-state index is -1.39. The van der Waals surface area contributed by atoms with Crippen molar-refractivity contribution in [2.24, 2.45) is 0 Å². The average molecular weight is 241 g/mol. The first-order valence-corrected chi connectivity index (χ1v) is 6.28. The van der Waals surface area contributed by atoms with Gasteiger partial charge in [0, 0.05) is 6.54 Å². The molecule has 0 N–H and O–H groups in total. The van der Waals surface area contributed by atoms with Crippen LogP contribution >= 0.6 is 0 Å². The highest BCUT2D eigenvalue weighted by molar-refractivity contribution is 7.80. The predicted octanol–water partition coefficient (Wildman–Crippen LogP) is 1.92. The van der Waals surface area contributed by atoms with Gasteiger partial charge in [-0.05, 0) is 32.0 Å². The maximum atomic E-state index is 11.5. The van der Waals surface area contributed by atoms with Crippen LogP contribution in [-0.4, -0.2) is 24.1 Å². The molecule has 2 rings (SSSR count). The van der Waals surface area contributed by atoms with E-state index in [-0.39, 0.29) is 6.23 Å². The molecule has 0 spiro atoms. The molecule has 0 saturated heterocycles. The largest absolute Gasteiger partial charge is 0.469 e. The van der Waals surface area contributed by atoms with Gasteiger partial charge >= 0.3 is 0 Å². The van der Waals surface area contributed by atoms with Gasteiger partial charge < -0.3 is 9.64 Å². The van der Waals surface area contributed by atoms with Crippen LogP contribution in [0.2, 0.25) is 0 Å². The van der Waals surface area contributed by atoms with E-state index < -0.39 is 11.1 Å². The van der Waals surface area contributed by atoms with E-state index in [4.69, 9.17) is 8.92 Å². The molecule has 0 aromatic heterocycles. The molecule has 0 saturated carbocycles. The van der Waals surface area contributed by atoms with E-state index >= 15 is 0 Å². The minimum Gasteiger partial charge on any atom is -0.469 e. The second-order valence-electron chi connectivity index (χ2n) is 3.53. The van der Waals surface area contributed by atoms with E-state index in [1.165, 1.54) is 7.11 Å². The highest BCUT2D eigenvalue weighted by atomic mass is 32.2. The van der Waals surface area contributed by atoms with Gasteiger partial charge in [-0.3, -0.25) is 4.18 Å². The van der Waals surface area contributed by atoms with E-state index in [1.807, 2.05) is 19.1 Å². The Hall–Kier alpha value is -1.07. The summed E-state index contributed by atoms with van der Waals surface area (Å²) in [4.78, 5) is 2.78. The molecule has 0 amide bonds. The van der Waals surface area contributed by atoms with Crippen molar-refractivity contribution in [1.29, 1.82) is 0 Å². The Labute approximate surface area is 97.8 Å². The zero-order chi connectivity index (χ0) is 11.7. The third-order valence-corrected chi connectivity index (χ3v) is 3.60. The Bertz CT molecular complexity index is 422. The molecule has 16 heavy (non-hydrogen) atoms. The first-order chi connectivity index (χ1) is 7.67. The molecule has 1 aliphatic rings. The Kier molecular flexibility index (Phi) is 3.16. The molecule has 1 heterocycles. The van der Waals surface area contributed by atoms with Gasteiger partial charge in [0.05, 0.1) is 17.7 Å². The molecule has 1 aromatic carbocycles. The zero-order valence-electron chi connectivity index (χ0n) is 9.60. The van der Waals surface area contributed by atoms with Crippen molar-refractivity contribution in [1.82, 2.24) is 0 Å². The number of rotatable bonds is 3. The lowest BCUT2D eigenvalue weighted by atomic mass is 10.3. The quantitative estimate of drug-likeness (QED) is 0.810. The van der Waals surface area contributed by atoms with Crippen LogP contribution in [0.25, 0.3) is 0 Å². The molecule has 4 nitrogen and oxygen atoms in total. The molecule has 0 fully saturated rings. The van der Waals surface area contributed by atoms with Gasteiger partial charge in [-0.2, -0.15) is 0 Å². The van der Waals surface area contributed by atoms with Crippen LogP contribution < -0.4 is 9.64 Å². The standard InChI is InChI=1S/C11H15NO3S/c1-4-12-8(2)15-11-6-5-9(7-10(11)12)16(13)14-3/h5-8H,4H2,1-3H3. The molecule has 5 heteroatoms. The van der Waals surface area contributed by atoms with E-state index in [1.54, 1.807) is 6.07 Å². The van der Waals surface area contributed by atoms with Gasteiger partial charge in [0.15, 0.2) is 17.3 Å². The van der Waals surface area contributed by atoms with Crippen molar-refractivity contribution in [2.75, 3.05) is 18.6 Å². The van der Waals surface area contributed by atoms with Crippen LogP contribution in [-0.2, 0) is 15.3 Å². The van der Waals surface area contributed by atoms with E-state index in [0.717, 1.165) is 18.0 Å². The lowest BCUT2D eigenvalue weighted by Crippen LogP contribution is -2.31. The van der Waals surface area contributed by atoms with Gasteiger partial charge in [-0.25, -0.2) is 4.21 Å². The Morgan fingerprint density at radius 1 is 1.56 bits per heavy atom. The first-order valence-electron chi connectivity index (χ1n) is 5.21. The summed E-state index contributed by atoms with van der Waals surface area (Å²) in [6.07, 6.45) is 0.0335. The van der Waals surface area contributed by atoms with Crippen LogP contribution in [0, 0.1) is 0 Å². The topological polar surface area (TPSA) is 38.8 Å². The van der Waals surface area contributed by atoms with Crippen molar-refractivity contribution in [3.8, 4) is 5.75 Å². The summed E-state index contributed by atoms with van der Waals surface area (Å²) in [5, 5.41) is 0. The van der Waals surface area contributed by atoms with Gasteiger partial charge in [0.2, 0.25) is 0 Å². The van der Waals surface area contributed by atoms with E-state index in [0.29, 0.717) is 4.90 Å². The molecule has 2 atom stereocenters. The lowest BCUT2D eigenvalue weighted by Gasteiger charge is -2.19. The molecule has 88 valence electrons. The van der Waals surface area contributed by atoms with Crippen molar-refractivity contribution >= 4 is 16.8 Å². The summed E-state index contributed by atoms with van der Waals surface area (Å²) < 4.78 is 22.0. The van der Waals surface area contributed by atoms with Crippen molar-refractivity contribution in [3.63, 3.8) is 0 Å². The zero-order valence-corrected chi connectivity index (χ0v) is 10.4. The maximum Gasteiger partial charge on any atom is 0.188 e. The fraction of sp³-hybridized carbons (Fsp3) is 0.455. The third-order valence-electron chi connectivity index (χ3n) is 2.66. The van der Waals surface area contributed by atoms with Gasteiger partial charge in [-0.1, -0.05) is 0 Å². The molecule has 0 aliphatic carbocycles. The second-order valence-corrected chi connectivity index (χ2v) is 4.81. The van der Waals surface area contributed by atoms with Crippen molar-refractivity contribution in [2.45, 2.75) is 25.0 Å². The highest BCUT2D eigenvalue weighted by Gasteiger charge is 2.26. The lowest BCUT2D eigenvalue weighted by molar-refractivity contribution is 0.246. The molecule has 1 aromatic rings. The van der Waals surface area contributed by atoms with Crippen molar-refractivity contribution < 1.29 is 13.1 Å². The molecular weight excluding hydrogens is 226 g/mol. The van der Waals surface area contributed by atoms with Gasteiger partial charge in [-0.15, -0.1) is 0 Å². The minimum absolute atomic E-state index is 0.0335. The number of hydrogen-bond acceptors (Lipinski definition) is 4. The van der Waals surface area contributed by atoms with Crippen LogP contribution in [0.4, 0.5) is 5.69 Å². The van der Waals surface area contributed by atoms with Crippen molar-refractivity contribution in [3.05, 3.63) is 18.2 Å². The molecule has 2 unspecified atom stereocenters.